The summed E-state index contributed by atoms with van der Waals surface area (Å²) < 4.78 is 28.0. The van der Waals surface area contributed by atoms with Crippen LogP contribution in [0.3, 0.4) is 0 Å². The standard InChI is InChI=1S/C14H29N3O3S/c1-6-16(11-13(18)15-14(3,4)5)21(19,20)17-9-7-8-12(2)10-17/h12H,6-11H2,1-5H3,(H,15,18). The Balaban J connectivity index is 2.75. The van der Waals surface area contributed by atoms with Crippen molar-refractivity contribution in [2.24, 2.45) is 5.92 Å². The molecule has 1 amide bonds. The van der Waals surface area contributed by atoms with Crippen LogP contribution in [0.15, 0.2) is 0 Å². The van der Waals surface area contributed by atoms with Crippen molar-refractivity contribution in [3.63, 3.8) is 0 Å². The van der Waals surface area contributed by atoms with E-state index in [1.807, 2.05) is 20.8 Å². The van der Waals surface area contributed by atoms with E-state index in [2.05, 4.69) is 12.2 Å². The second kappa shape index (κ2) is 7.07. The maximum atomic E-state index is 12.6. The van der Waals surface area contributed by atoms with Crippen LogP contribution in [0.5, 0.6) is 0 Å². The van der Waals surface area contributed by atoms with Gasteiger partial charge in [-0.15, -0.1) is 0 Å². The molecule has 124 valence electrons. The molecule has 1 saturated heterocycles. The van der Waals surface area contributed by atoms with Gasteiger partial charge in [-0.3, -0.25) is 4.79 Å². The Bertz CT molecular complexity index is 457. The number of carbonyl (C=O) groups is 1. The molecule has 0 saturated carbocycles. The zero-order valence-electron chi connectivity index (χ0n) is 13.8. The number of likely N-dealkylation sites (N-methyl/N-ethyl adjacent to an activating group) is 1. The molecule has 0 aromatic carbocycles. The number of rotatable bonds is 5. The first kappa shape index (κ1) is 18.4. The van der Waals surface area contributed by atoms with E-state index in [0.717, 1.165) is 12.8 Å². The lowest BCUT2D eigenvalue weighted by Gasteiger charge is -2.34. The second-order valence-corrected chi connectivity index (χ2v) is 8.77. The average Bonchev–Trinajstić information content (AvgIpc) is 2.33. The van der Waals surface area contributed by atoms with Crippen LogP contribution in [-0.2, 0) is 15.0 Å². The number of piperidine rings is 1. The van der Waals surface area contributed by atoms with E-state index in [-0.39, 0.29) is 18.0 Å². The summed E-state index contributed by atoms with van der Waals surface area (Å²) in [6.07, 6.45) is 1.94. The quantitative estimate of drug-likeness (QED) is 0.828. The third-order valence-electron chi connectivity index (χ3n) is 3.46. The van der Waals surface area contributed by atoms with Gasteiger partial charge in [-0.05, 0) is 39.5 Å². The van der Waals surface area contributed by atoms with Crippen LogP contribution in [-0.4, -0.2) is 54.7 Å². The molecule has 1 atom stereocenters. The number of hydrogen-bond acceptors (Lipinski definition) is 3. The Kier molecular flexibility index (Phi) is 6.19. The first-order valence-corrected chi connectivity index (χ1v) is 9.02. The zero-order valence-corrected chi connectivity index (χ0v) is 14.7. The van der Waals surface area contributed by atoms with Gasteiger partial charge >= 0.3 is 0 Å². The van der Waals surface area contributed by atoms with Gasteiger partial charge in [0.05, 0.1) is 6.54 Å². The van der Waals surface area contributed by atoms with Crippen LogP contribution in [0.2, 0.25) is 0 Å². The maximum Gasteiger partial charge on any atom is 0.282 e. The predicted octanol–water partition coefficient (Wildman–Crippen LogP) is 1.20. The highest BCUT2D eigenvalue weighted by molar-refractivity contribution is 7.86. The third-order valence-corrected chi connectivity index (χ3v) is 5.48. The fourth-order valence-corrected chi connectivity index (χ4v) is 4.23. The molecule has 1 heterocycles. The SMILES string of the molecule is CCN(CC(=O)NC(C)(C)C)S(=O)(=O)N1CCCC(C)C1. The van der Waals surface area contributed by atoms with Gasteiger partial charge in [0.1, 0.15) is 0 Å². The van der Waals surface area contributed by atoms with Crippen LogP contribution in [0.25, 0.3) is 0 Å². The highest BCUT2D eigenvalue weighted by Gasteiger charge is 2.33. The molecule has 0 radical (unpaired) electrons. The summed E-state index contributed by atoms with van der Waals surface area (Å²) in [5.74, 6) is 0.105. The van der Waals surface area contributed by atoms with Gasteiger partial charge in [-0.25, -0.2) is 0 Å². The Morgan fingerprint density at radius 3 is 2.48 bits per heavy atom. The van der Waals surface area contributed by atoms with Gasteiger partial charge in [0.15, 0.2) is 0 Å². The van der Waals surface area contributed by atoms with Crippen molar-refractivity contribution in [3.05, 3.63) is 0 Å². The van der Waals surface area contributed by atoms with Gasteiger partial charge in [0.25, 0.3) is 10.2 Å². The summed E-state index contributed by atoms with van der Waals surface area (Å²) in [7, 11) is -3.55. The molecule has 0 spiro atoms. The van der Waals surface area contributed by atoms with Crippen LogP contribution >= 0.6 is 0 Å². The van der Waals surface area contributed by atoms with Gasteiger partial charge in [-0.1, -0.05) is 13.8 Å². The van der Waals surface area contributed by atoms with E-state index in [9.17, 15) is 13.2 Å². The molecule has 1 N–H and O–H groups in total. The van der Waals surface area contributed by atoms with Gasteiger partial charge in [0, 0.05) is 25.2 Å². The number of hydrogen-bond donors (Lipinski definition) is 1. The number of nitrogens with zero attached hydrogens (tertiary/aromatic N) is 2. The highest BCUT2D eigenvalue weighted by Crippen LogP contribution is 2.20. The lowest BCUT2D eigenvalue weighted by atomic mass is 10.0. The molecule has 1 rings (SSSR count). The summed E-state index contributed by atoms with van der Waals surface area (Å²) >= 11 is 0. The Morgan fingerprint density at radius 2 is 2.00 bits per heavy atom. The summed E-state index contributed by atoms with van der Waals surface area (Å²) in [6, 6.07) is 0. The minimum atomic E-state index is -3.55. The number of amides is 1. The fourth-order valence-electron chi connectivity index (χ4n) is 2.49. The van der Waals surface area contributed by atoms with Crippen molar-refractivity contribution in [1.29, 1.82) is 0 Å². The van der Waals surface area contributed by atoms with Gasteiger partial charge < -0.3 is 5.32 Å². The first-order chi connectivity index (χ1) is 9.56. The summed E-state index contributed by atoms with van der Waals surface area (Å²) in [4.78, 5) is 12.0. The molecule has 1 unspecified atom stereocenters. The average molecular weight is 319 g/mol. The van der Waals surface area contributed by atoms with Gasteiger partial charge in [0.2, 0.25) is 5.91 Å². The van der Waals surface area contributed by atoms with Crippen molar-refractivity contribution < 1.29 is 13.2 Å². The van der Waals surface area contributed by atoms with E-state index < -0.39 is 10.2 Å². The molecular weight excluding hydrogens is 290 g/mol. The van der Waals surface area contributed by atoms with Crippen LogP contribution in [0, 0.1) is 5.92 Å². The number of nitrogens with one attached hydrogen (secondary N) is 1. The Hall–Kier alpha value is -0.660. The van der Waals surface area contributed by atoms with E-state index in [4.69, 9.17) is 0 Å². The Morgan fingerprint density at radius 1 is 1.38 bits per heavy atom. The lowest BCUT2D eigenvalue weighted by Crippen LogP contribution is -2.52. The predicted molar refractivity (Wildman–Crippen MR) is 84.0 cm³/mol. The summed E-state index contributed by atoms with van der Waals surface area (Å²) in [5, 5.41) is 2.80. The molecule has 0 aromatic rings. The number of carbonyl (C=O) groups excluding carboxylic acids is 1. The Labute approximate surface area is 129 Å². The second-order valence-electron chi connectivity index (χ2n) is 6.84. The summed E-state index contributed by atoms with van der Waals surface area (Å²) in [5.41, 5.74) is -0.361. The van der Waals surface area contributed by atoms with Gasteiger partial charge in [-0.2, -0.15) is 17.0 Å². The molecule has 0 aromatic heterocycles. The molecule has 1 aliphatic rings. The molecular formula is C14H29N3O3S. The van der Waals surface area contributed by atoms with Crippen molar-refractivity contribution in [2.75, 3.05) is 26.2 Å². The van der Waals surface area contributed by atoms with Crippen LogP contribution in [0.1, 0.15) is 47.5 Å². The molecule has 0 bridgehead atoms. The smallest absolute Gasteiger partial charge is 0.282 e. The minimum Gasteiger partial charge on any atom is -0.350 e. The molecule has 0 aliphatic carbocycles. The maximum absolute atomic E-state index is 12.6. The highest BCUT2D eigenvalue weighted by atomic mass is 32.2. The third kappa shape index (κ3) is 5.56. The van der Waals surface area contributed by atoms with Crippen LogP contribution in [0.4, 0.5) is 0 Å². The van der Waals surface area contributed by atoms with E-state index in [1.54, 1.807) is 6.92 Å². The first-order valence-electron chi connectivity index (χ1n) is 7.62. The molecule has 7 heteroatoms. The normalized spacial score (nSPS) is 21.5. The van der Waals surface area contributed by atoms with E-state index in [0.29, 0.717) is 25.6 Å². The fraction of sp³-hybridized carbons (Fsp3) is 0.929. The van der Waals surface area contributed by atoms with Crippen molar-refractivity contribution in [1.82, 2.24) is 13.9 Å². The molecule has 21 heavy (non-hydrogen) atoms. The van der Waals surface area contributed by atoms with E-state index in [1.165, 1.54) is 8.61 Å². The minimum absolute atomic E-state index is 0.124. The topological polar surface area (TPSA) is 69.7 Å². The zero-order chi connectivity index (χ0) is 16.3. The van der Waals surface area contributed by atoms with E-state index >= 15 is 0 Å². The lowest BCUT2D eigenvalue weighted by molar-refractivity contribution is -0.122. The molecule has 1 fully saturated rings. The molecule has 1 aliphatic heterocycles. The summed E-state index contributed by atoms with van der Waals surface area (Å²) in [6.45, 7) is 10.7. The van der Waals surface area contributed by atoms with Crippen LogP contribution < -0.4 is 5.32 Å². The van der Waals surface area contributed by atoms with Crippen molar-refractivity contribution >= 4 is 16.1 Å². The van der Waals surface area contributed by atoms with Crippen molar-refractivity contribution in [3.8, 4) is 0 Å². The molecule has 6 nitrogen and oxygen atoms in total. The monoisotopic (exact) mass is 319 g/mol. The van der Waals surface area contributed by atoms with Crippen molar-refractivity contribution in [2.45, 2.75) is 53.0 Å². The largest absolute Gasteiger partial charge is 0.350 e.